The first-order valence-corrected chi connectivity index (χ1v) is 6.02. The van der Waals surface area contributed by atoms with Gasteiger partial charge < -0.3 is 14.6 Å². The van der Waals surface area contributed by atoms with Gasteiger partial charge in [-0.25, -0.2) is 4.79 Å². The van der Waals surface area contributed by atoms with Crippen LogP contribution < -0.4 is 4.74 Å². The fourth-order valence-corrected chi connectivity index (χ4v) is 1.87. The van der Waals surface area contributed by atoms with Crippen molar-refractivity contribution >= 4 is 22.7 Å². The Bertz CT molecular complexity index is 648. The molecule has 0 unspecified atom stereocenters. The number of hydrogen-bond donors (Lipinski definition) is 1. The highest BCUT2D eigenvalue weighted by molar-refractivity contribution is 5.86. The summed E-state index contributed by atoms with van der Waals surface area (Å²) in [5.74, 6) is -0.949. The van der Waals surface area contributed by atoms with E-state index in [-0.39, 0.29) is 6.42 Å². The number of ether oxygens (including phenoxy) is 2. The molecule has 0 aromatic heterocycles. The number of methoxy groups -OCH3 is 1. The highest BCUT2D eigenvalue weighted by Crippen LogP contribution is 2.22. The van der Waals surface area contributed by atoms with Crippen LogP contribution in [0.2, 0.25) is 0 Å². The molecule has 0 amide bonds. The van der Waals surface area contributed by atoms with Crippen LogP contribution in [-0.4, -0.2) is 30.8 Å². The van der Waals surface area contributed by atoms with Crippen LogP contribution in [0.5, 0.6) is 5.75 Å². The maximum Gasteiger partial charge on any atom is 0.341 e. The zero-order valence-corrected chi connectivity index (χ0v) is 11.0. The molecule has 0 saturated carbocycles. The maximum absolute atomic E-state index is 11.4. The normalized spacial score (nSPS) is 10.2. The zero-order chi connectivity index (χ0) is 14.5. The van der Waals surface area contributed by atoms with Crippen LogP contribution in [0.15, 0.2) is 36.4 Å². The molecule has 0 bridgehead atoms. The number of aliphatic carboxylic acids is 1. The summed E-state index contributed by atoms with van der Waals surface area (Å²) in [7, 11) is 1.61. The first-order chi connectivity index (χ1) is 9.58. The summed E-state index contributed by atoms with van der Waals surface area (Å²) < 4.78 is 9.74. The third-order valence-electron chi connectivity index (χ3n) is 2.82. The molecule has 2 rings (SSSR count). The van der Waals surface area contributed by atoms with Crippen LogP contribution in [0.1, 0.15) is 5.56 Å². The number of hydrogen-bond acceptors (Lipinski definition) is 4. The lowest BCUT2D eigenvalue weighted by Gasteiger charge is -2.06. The Morgan fingerprint density at radius 2 is 1.80 bits per heavy atom. The van der Waals surface area contributed by atoms with Crippen LogP contribution in [0.4, 0.5) is 0 Å². The topological polar surface area (TPSA) is 72.8 Å². The monoisotopic (exact) mass is 274 g/mol. The van der Waals surface area contributed by atoms with Crippen molar-refractivity contribution in [3.63, 3.8) is 0 Å². The fourth-order valence-electron chi connectivity index (χ4n) is 1.87. The molecule has 2 aromatic rings. The van der Waals surface area contributed by atoms with E-state index in [2.05, 4.69) is 4.74 Å². The van der Waals surface area contributed by atoms with E-state index in [1.165, 1.54) is 0 Å². The van der Waals surface area contributed by atoms with E-state index in [0.29, 0.717) is 0 Å². The number of fused-ring (bicyclic) bond motifs is 1. The standard InChI is InChI=1S/C15H14O5/c1-19-13-5-4-11-6-10(2-3-12(11)8-13)7-15(18)20-9-14(16)17/h2-6,8H,7,9H2,1H3,(H,16,17). The molecule has 5 heteroatoms. The Balaban J connectivity index is 2.11. The van der Waals surface area contributed by atoms with E-state index in [1.807, 2.05) is 36.4 Å². The molecule has 0 fully saturated rings. The van der Waals surface area contributed by atoms with E-state index >= 15 is 0 Å². The number of carbonyl (C=O) groups is 2. The van der Waals surface area contributed by atoms with Crippen molar-refractivity contribution in [1.29, 1.82) is 0 Å². The third kappa shape index (κ3) is 3.47. The van der Waals surface area contributed by atoms with Crippen molar-refractivity contribution in [2.75, 3.05) is 13.7 Å². The molecule has 1 N–H and O–H groups in total. The van der Waals surface area contributed by atoms with Crippen molar-refractivity contribution in [3.8, 4) is 5.75 Å². The maximum atomic E-state index is 11.4. The number of carbonyl (C=O) groups excluding carboxylic acids is 1. The van der Waals surface area contributed by atoms with Crippen LogP contribution in [0, 0.1) is 0 Å². The molecular weight excluding hydrogens is 260 g/mol. The molecule has 0 spiro atoms. The lowest BCUT2D eigenvalue weighted by atomic mass is 10.0. The Morgan fingerprint density at radius 1 is 1.10 bits per heavy atom. The Morgan fingerprint density at radius 3 is 2.50 bits per heavy atom. The van der Waals surface area contributed by atoms with Gasteiger partial charge in [0.2, 0.25) is 0 Å². The predicted octanol–water partition coefficient (Wildman–Crippen LogP) is 2.02. The molecule has 0 atom stereocenters. The SMILES string of the molecule is COc1ccc2cc(CC(=O)OCC(=O)O)ccc2c1. The van der Waals surface area contributed by atoms with Crippen LogP contribution in [0.25, 0.3) is 10.8 Å². The van der Waals surface area contributed by atoms with Crippen molar-refractivity contribution in [1.82, 2.24) is 0 Å². The van der Waals surface area contributed by atoms with Crippen LogP contribution in [0.3, 0.4) is 0 Å². The number of rotatable bonds is 5. The van der Waals surface area contributed by atoms with Gasteiger partial charge in [0.05, 0.1) is 13.5 Å². The predicted molar refractivity (Wildman–Crippen MR) is 72.8 cm³/mol. The lowest BCUT2D eigenvalue weighted by Crippen LogP contribution is -2.14. The van der Waals surface area contributed by atoms with Crippen molar-refractivity contribution in [2.24, 2.45) is 0 Å². The smallest absolute Gasteiger partial charge is 0.341 e. The van der Waals surface area contributed by atoms with Gasteiger partial charge >= 0.3 is 11.9 Å². The minimum absolute atomic E-state index is 0.0508. The minimum atomic E-state index is -1.16. The molecule has 20 heavy (non-hydrogen) atoms. The van der Waals surface area contributed by atoms with Gasteiger partial charge in [-0.2, -0.15) is 0 Å². The molecule has 0 saturated heterocycles. The number of esters is 1. The number of carboxylic acids is 1. The summed E-state index contributed by atoms with van der Waals surface area (Å²) in [6.07, 6.45) is 0.0508. The third-order valence-corrected chi connectivity index (χ3v) is 2.82. The second-order valence-corrected chi connectivity index (χ2v) is 4.28. The molecule has 0 radical (unpaired) electrons. The van der Waals surface area contributed by atoms with Gasteiger partial charge in [-0.05, 0) is 28.5 Å². The van der Waals surface area contributed by atoms with Gasteiger partial charge in [0.25, 0.3) is 0 Å². The van der Waals surface area contributed by atoms with Gasteiger partial charge in [0, 0.05) is 0 Å². The van der Waals surface area contributed by atoms with Gasteiger partial charge in [0.15, 0.2) is 6.61 Å². The highest BCUT2D eigenvalue weighted by Gasteiger charge is 2.08. The molecule has 104 valence electrons. The van der Waals surface area contributed by atoms with Crippen molar-refractivity contribution in [2.45, 2.75) is 6.42 Å². The average molecular weight is 274 g/mol. The fraction of sp³-hybridized carbons (Fsp3) is 0.200. The molecule has 0 aliphatic rings. The minimum Gasteiger partial charge on any atom is -0.497 e. The largest absolute Gasteiger partial charge is 0.497 e. The van der Waals surface area contributed by atoms with Crippen molar-refractivity contribution < 1.29 is 24.2 Å². The molecule has 2 aromatic carbocycles. The number of benzene rings is 2. The van der Waals surface area contributed by atoms with E-state index in [4.69, 9.17) is 9.84 Å². The van der Waals surface area contributed by atoms with Crippen molar-refractivity contribution in [3.05, 3.63) is 42.0 Å². The molecule has 0 aliphatic heterocycles. The quantitative estimate of drug-likeness (QED) is 0.844. The first kappa shape index (κ1) is 13.9. The van der Waals surface area contributed by atoms with E-state index in [9.17, 15) is 9.59 Å². The molecular formula is C15H14O5. The Hall–Kier alpha value is -2.56. The zero-order valence-electron chi connectivity index (χ0n) is 11.0. The molecule has 0 heterocycles. The lowest BCUT2D eigenvalue weighted by molar-refractivity contribution is -0.154. The van der Waals surface area contributed by atoms with Crippen LogP contribution >= 0.6 is 0 Å². The number of carboxylic acid groups (broad SMARTS) is 1. The van der Waals surface area contributed by atoms with Crippen LogP contribution in [-0.2, 0) is 20.7 Å². The molecule has 5 nitrogen and oxygen atoms in total. The second-order valence-electron chi connectivity index (χ2n) is 4.28. The molecule has 0 aliphatic carbocycles. The van der Waals surface area contributed by atoms with E-state index < -0.39 is 18.5 Å². The Labute approximate surface area is 115 Å². The van der Waals surface area contributed by atoms with Gasteiger partial charge in [0.1, 0.15) is 5.75 Å². The first-order valence-electron chi connectivity index (χ1n) is 6.02. The second kappa shape index (κ2) is 6.06. The summed E-state index contributed by atoms with van der Waals surface area (Å²) in [5.41, 5.74) is 0.776. The summed E-state index contributed by atoms with van der Waals surface area (Å²) in [6, 6.07) is 11.2. The van der Waals surface area contributed by atoms with Gasteiger partial charge in [-0.15, -0.1) is 0 Å². The summed E-state index contributed by atoms with van der Waals surface area (Å²) in [5, 5.41) is 10.4. The highest BCUT2D eigenvalue weighted by atomic mass is 16.5. The average Bonchev–Trinajstić information content (AvgIpc) is 2.44. The van der Waals surface area contributed by atoms with E-state index in [0.717, 1.165) is 22.1 Å². The van der Waals surface area contributed by atoms with Gasteiger partial charge in [-0.3, -0.25) is 4.79 Å². The van der Waals surface area contributed by atoms with E-state index in [1.54, 1.807) is 7.11 Å². The summed E-state index contributed by atoms with van der Waals surface area (Å²) in [6.45, 7) is -0.608. The summed E-state index contributed by atoms with van der Waals surface area (Å²) >= 11 is 0. The van der Waals surface area contributed by atoms with Gasteiger partial charge in [-0.1, -0.05) is 24.3 Å². The Kier molecular flexibility index (Phi) is 4.20. The summed E-state index contributed by atoms with van der Waals surface area (Å²) in [4.78, 5) is 21.8.